The summed E-state index contributed by atoms with van der Waals surface area (Å²) in [6.07, 6.45) is 1.93. The van der Waals surface area contributed by atoms with Gasteiger partial charge in [-0.1, -0.05) is 60.7 Å². The number of aromatic nitrogens is 2. The monoisotopic (exact) mass is 456 g/mol. The number of hydrogen-bond donors (Lipinski definition) is 1. The van der Waals surface area contributed by atoms with Gasteiger partial charge in [-0.25, -0.2) is 9.07 Å². The van der Waals surface area contributed by atoms with Crippen LogP contribution in [0.3, 0.4) is 0 Å². The molecule has 6 nitrogen and oxygen atoms in total. The summed E-state index contributed by atoms with van der Waals surface area (Å²) in [5.41, 5.74) is 4.11. The average molecular weight is 457 g/mol. The minimum atomic E-state index is -0.397. The van der Waals surface area contributed by atoms with Crippen LogP contribution in [0.4, 0.5) is 4.39 Å². The zero-order chi connectivity index (χ0) is 23.9. The highest BCUT2D eigenvalue weighted by Crippen LogP contribution is 2.24. The van der Waals surface area contributed by atoms with E-state index >= 15 is 0 Å². The van der Waals surface area contributed by atoms with E-state index in [4.69, 9.17) is 5.10 Å². The molecular weight excluding hydrogens is 431 g/mol. The maximum Gasteiger partial charge on any atom is 0.242 e. The van der Waals surface area contributed by atoms with Crippen molar-refractivity contribution >= 4 is 11.8 Å². The highest BCUT2D eigenvalue weighted by Gasteiger charge is 2.17. The number of hydrogen-bond acceptors (Lipinski definition) is 3. The topological polar surface area (TPSA) is 67.2 Å². The van der Waals surface area contributed by atoms with E-state index in [1.54, 1.807) is 28.8 Å². The van der Waals surface area contributed by atoms with Gasteiger partial charge in [0.25, 0.3) is 0 Å². The predicted octanol–water partition coefficient (Wildman–Crippen LogP) is 4.00. The van der Waals surface area contributed by atoms with E-state index in [0.29, 0.717) is 12.1 Å². The van der Waals surface area contributed by atoms with E-state index in [2.05, 4.69) is 5.32 Å². The van der Waals surface area contributed by atoms with Crippen molar-refractivity contribution in [3.8, 4) is 16.9 Å². The van der Waals surface area contributed by atoms with E-state index in [0.717, 1.165) is 22.5 Å². The summed E-state index contributed by atoms with van der Waals surface area (Å²) in [6.45, 7) is 0.188. The van der Waals surface area contributed by atoms with Crippen molar-refractivity contribution in [2.24, 2.45) is 0 Å². The number of halogens is 1. The second-order valence-corrected chi connectivity index (χ2v) is 7.98. The third-order valence-corrected chi connectivity index (χ3v) is 5.38. The molecule has 1 heterocycles. The summed E-state index contributed by atoms with van der Waals surface area (Å²) in [4.78, 5) is 26.5. The summed E-state index contributed by atoms with van der Waals surface area (Å²) in [6, 6.07) is 25.4. The van der Waals surface area contributed by atoms with Gasteiger partial charge in [-0.05, 0) is 29.8 Å². The fourth-order valence-corrected chi connectivity index (χ4v) is 3.63. The summed E-state index contributed by atoms with van der Waals surface area (Å²) in [5, 5.41) is 7.39. The molecular formula is C27H25FN4O2. The first-order valence-electron chi connectivity index (χ1n) is 10.9. The number of likely N-dealkylation sites (N-methyl/N-ethyl adjacent to an activating group) is 1. The maximum atomic E-state index is 13.3. The zero-order valence-corrected chi connectivity index (χ0v) is 18.8. The van der Waals surface area contributed by atoms with Crippen LogP contribution in [-0.4, -0.2) is 40.1 Å². The lowest BCUT2D eigenvalue weighted by Crippen LogP contribution is -2.38. The lowest BCUT2D eigenvalue weighted by molar-refractivity contribution is -0.132. The molecule has 0 saturated carbocycles. The normalized spacial score (nSPS) is 10.6. The molecule has 4 rings (SSSR count). The van der Waals surface area contributed by atoms with Crippen LogP contribution >= 0.6 is 0 Å². The van der Waals surface area contributed by atoms with Gasteiger partial charge < -0.3 is 10.2 Å². The second-order valence-electron chi connectivity index (χ2n) is 7.98. The van der Waals surface area contributed by atoms with Crippen molar-refractivity contribution in [2.45, 2.75) is 13.0 Å². The third-order valence-electron chi connectivity index (χ3n) is 5.38. The van der Waals surface area contributed by atoms with Crippen molar-refractivity contribution < 1.29 is 14.0 Å². The molecule has 0 aliphatic carbocycles. The fraction of sp³-hybridized carbons (Fsp3) is 0.148. The van der Waals surface area contributed by atoms with Gasteiger partial charge in [0.2, 0.25) is 11.8 Å². The Morgan fingerprint density at radius 3 is 2.38 bits per heavy atom. The number of benzene rings is 3. The number of nitrogens with zero attached hydrogens (tertiary/aromatic N) is 3. The molecule has 0 fully saturated rings. The molecule has 7 heteroatoms. The molecule has 0 saturated heterocycles. The quantitative estimate of drug-likeness (QED) is 0.436. The predicted molar refractivity (Wildman–Crippen MR) is 129 cm³/mol. The van der Waals surface area contributed by atoms with Crippen molar-refractivity contribution in [3.63, 3.8) is 0 Å². The van der Waals surface area contributed by atoms with Crippen molar-refractivity contribution in [1.82, 2.24) is 20.0 Å². The van der Waals surface area contributed by atoms with Crippen LogP contribution in [0, 0.1) is 5.82 Å². The SMILES string of the molecule is CN(Cc1cn(-c2ccccc2)nc1-c1ccccc1)C(=O)CNC(=O)Cc1cccc(F)c1. The van der Waals surface area contributed by atoms with Crippen molar-refractivity contribution in [1.29, 1.82) is 0 Å². The molecule has 0 atom stereocenters. The van der Waals surface area contributed by atoms with Gasteiger partial charge in [-0.2, -0.15) is 5.10 Å². The molecule has 0 aliphatic heterocycles. The van der Waals surface area contributed by atoms with Gasteiger partial charge in [-0.15, -0.1) is 0 Å². The van der Waals surface area contributed by atoms with Gasteiger partial charge in [0.1, 0.15) is 5.82 Å². The number of carbonyl (C=O) groups excluding carboxylic acids is 2. The molecule has 1 aromatic heterocycles. The highest BCUT2D eigenvalue weighted by molar-refractivity contribution is 5.85. The highest BCUT2D eigenvalue weighted by atomic mass is 19.1. The number of amides is 2. The van der Waals surface area contributed by atoms with Crippen LogP contribution in [0.5, 0.6) is 0 Å². The zero-order valence-electron chi connectivity index (χ0n) is 18.8. The summed E-state index contributed by atoms with van der Waals surface area (Å²) >= 11 is 0. The number of carbonyl (C=O) groups is 2. The van der Waals surface area contributed by atoms with E-state index in [1.807, 2.05) is 66.9 Å². The van der Waals surface area contributed by atoms with Crippen molar-refractivity contribution in [3.05, 3.63) is 108 Å². The average Bonchev–Trinajstić information content (AvgIpc) is 3.27. The van der Waals surface area contributed by atoms with E-state index in [9.17, 15) is 14.0 Å². The van der Waals surface area contributed by atoms with Crippen LogP contribution in [-0.2, 0) is 22.6 Å². The van der Waals surface area contributed by atoms with Crippen LogP contribution in [0.25, 0.3) is 16.9 Å². The molecule has 0 spiro atoms. The van der Waals surface area contributed by atoms with E-state index in [1.165, 1.54) is 12.1 Å². The lowest BCUT2D eigenvalue weighted by Gasteiger charge is -2.17. The standard InChI is InChI=1S/C27H25FN4O2/c1-31(26(34)17-29-25(33)16-20-9-8-12-23(28)15-20)18-22-19-32(24-13-6-3-7-14-24)30-27(22)21-10-4-2-5-11-21/h2-15,19H,16-18H2,1H3,(H,29,33). The number of nitrogens with one attached hydrogen (secondary N) is 1. The largest absolute Gasteiger partial charge is 0.347 e. The molecule has 172 valence electrons. The first-order chi connectivity index (χ1) is 16.5. The minimum absolute atomic E-state index is 0.0107. The van der Waals surface area contributed by atoms with Gasteiger partial charge in [0.05, 0.1) is 24.3 Å². The molecule has 0 radical (unpaired) electrons. The smallest absolute Gasteiger partial charge is 0.242 e. The second kappa shape index (κ2) is 10.6. The first-order valence-corrected chi connectivity index (χ1v) is 10.9. The summed E-state index contributed by atoms with van der Waals surface area (Å²) in [7, 11) is 1.69. The maximum absolute atomic E-state index is 13.3. The Morgan fingerprint density at radius 2 is 1.68 bits per heavy atom. The van der Waals surface area contributed by atoms with Gasteiger partial charge in [0.15, 0.2) is 0 Å². The lowest BCUT2D eigenvalue weighted by atomic mass is 10.1. The van der Waals surface area contributed by atoms with Crippen LogP contribution in [0.2, 0.25) is 0 Å². The minimum Gasteiger partial charge on any atom is -0.347 e. The number of para-hydroxylation sites is 1. The molecule has 0 unspecified atom stereocenters. The Bertz CT molecular complexity index is 1270. The molecule has 0 bridgehead atoms. The fourth-order valence-electron chi connectivity index (χ4n) is 3.63. The van der Waals surface area contributed by atoms with Crippen LogP contribution in [0.15, 0.2) is 91.1 Å². The van der Waals surface area contributed by atoms with Crippen LogP contribution < -0.4 is 5.32 Å². The molecule has 0 aliphatic rings. The number of rotatable bonds is 8. The Morgan fingerprint density at radius 1 is 0.971 bits per heavy atom. The van der Waals surface area contributed by atoms with Crippen LogP contribution in [0.1, 0.15) is 11.1 Å². The van der Waals surface area contributed by atoms with Gasteiger partial charge in [-0.3, -0.25) is 9.59 Å². The van der Waals surface area contributed by atoms with Crippen molar-refractivity contribution in [2.75, 3.05) is 13.6 Å². The first kappa shape index (κ1) is 22.9. The molecule has 4 aromatic rings. The Hall–Kier alpha value is -4.26. The van der Waals surface area contributed by atoms with Gasteiger partial charge in [0, 0.05) is 30.9 Å². The summed E-state index contributed by atoms with van der Waals surface area (Å²) < 4.78 is 15.1. The molecule has 1 N–H and O–H groups in total. The molecule has 34 heavy (non-hydrogen) atoms. The Kier molecular flexibility index (Phi) is 7.13. The van der Waals surface area contributed by atoms with E-state index in [-0.39, 0.29) is 24.8 Å². The Balaban J connectivity index is 1.44. The molecule has 2 amide bonds. The molecule has 3 aromatic carbocycles. The third kappa shape index (κ3) is 5.75. The van der Waals surface area contributed by atoms with E-state index < -0.39 is 5.82 Å². The Labute approximate surface area is 197 Å². The van der Waals surface area contributed by atoms with Gasteiger partial charge >= 0.3 is 0 Å². The summed E-state index contributed by atoms with van der Waals surface area (Å²) in [5.74, 6) is -0.973.